The molecule has 136 valence electrons. The van der Waals surface area contributed by atoms with Crippen molar-refractivity contribution < 1.29 is 31.1 Å². The number of carbonyl (C=O) groups excluding carboxylic acids is 1. The number of hydrogen-bond acceptors (Lipinski definition) is 5. The molecule has 0 spiro atoms. The van der Waals surface area contributed by atoms with Crippen LogP contribution < -0.4 is 10.5 Å². The molecule has 3 N–H and O–H groups in total. The summed E-state index contributed by atoms with van der Waals surface area (Å²) in [6.45, 7) is 0. The minimum atomic E-state index is -4.89. The van der Waals surface area contributed by atoms with E-state index in [1.807, 2.05) is 0 Å². The van der Waals surface area contributed by atoms with Crippen molar-refractivity contribution in [2.45, 2.75) is 36.0 Å². The smallest absolute Gasteiger partial charge is 0.417 e. The first-order chi connectivity index (χ1) is 10.5. The van der Waals surface area contributed by atoms with Crippen molar-refractivity contribution in [3.8, 4) is 0 Å². The minimum Gasteiger partial charge on any atom is -0.465 e. The highest BCUT2D eigenvalue weighted by Gasteiger charge is 2.37. The lowest BCUT2D eigenvalue weighted by molar-refractivity contribution is -0.138. The van der Waals surface area contributed by atoms with Crippen LogP contribution in [0.3, 0.4) is 0 Å². The molecular weight excluding hydrogens is 373 g/mol. The first-order valence-corrected chi connectivity index (χ1v) is 8.10. The monoisotopic (exact) mass is 388 g/mol. The molecule has 0 unspecified atom stereocenters. The molecule has 1 aromatic rings. The predicted octanol–water partition coefficient (Wildman–Crippen LogP) is 1.68. The largest absolute Gasteiger partial charge is 0.465 e. The maximum absolute atomic E-state index is 13.1. The van der Waals surface area contributed by atoms with Gasteiger partial charge in [-0.05, 0) is 31.0 Å². The number of nitrogens with two attached hydrogens (primary N) is 1. The molecule has 0 heterocycles. The summed E-state index contributed by atoms with van der Waals surface area (Å²) in [7, 11) is -3.19. The predicted molar refractivity (Wildman–Crippen MR) is 81.4 cm³/mol. The fraction of sp³-hybridized carbons (Fsp3) is 0.462. The zero-order chi connectivity index (χ0) is 17.4. The van der Waals surface area contributed by atoms with Gasteiger partial charge in [0.1, 0.15) is 0 Å². The van der Waals surface area contributed by atoms with Crippen LogP contribution in [-0.2, 0) is 20.9 Å². The Morgan fingerprint density at radius 3 is 2.38 bits per heavy atom. The van der Waals surface area contributed by atoms with Crippen molar-refractivity contribution in [3.05, 3.63) is 29.3 Å². The van der Waals surface area contributed by atoms with Gasteiger partial charge in [-0.15, -0.1) is 12.4 Å². The van der Waals surface area contributed by atoms with Gasteiger partial charge in [-0.25, -0.2) is 17.9 Å². The number of benzene rings is 1. The number of esters is 1. The van der Waals surface area contributed by atoms with Crippen LogP contribution in [0.1, 0.15) is 28.8 Å². The molecule has 1 aliphatic rings. The molecule has 2 rings (SSSR count). The summed E-state index contributed by atoms with van der Waals surface area (Å²) in [4.78, 5) is 10.8. The summed E-state index contributed by atoms with van der Waals surface area (Å²) in [5, 5.41) is 0. The molecule has 1 aromatic carbocycles. The summed E-state index contributed by atoms with van der Waals surface area (Å²) >= 11 is 0. The van der Waals surface area contributed by atoms with Crippen molar-refractivity contribution in [1.82, 2.24) is 4.72 Å². The number of hydrogen-bond donors (Lipinski definition) is 2. The topological polar surface area (TPSA) is 98.5 Å². The number of rotatable bonds is 4. The zero-order valence-electron chi connectivity index (χ0n) is 12.5. The van der Waals surface area contributed by atoms with Crippen LogP contribution in [0.4, 0.5) is 13.2 Å². The second-order valence-electron chi connectivity index (χ2n) is 5.25. The Balaban J connectivity index is 0.00000288. The summed E-state index contributed by atoms with van der Waals surface area (Å²) in [6, 6.07) is 1.63. The van der Waals surface area contributed by atoms with Crippen molar-refractivity contribution in [2.75, 3.05) is 7.11 Å². The quantitative estimate of drug-likeness (QED) is 0.765. The van der Waals surface area contributed by atoms with Gasteiger partial charge in [-0.2, -0.15) is 13.2 Å². The molecule has 0 amide bonds. The summed E-state index contributed by atoms with van der Waals surface area (Å²) < 4.78 is 70.0. The van der Waals surface area contributed by atoms with Crippen molar-refractivity contribution in [1.29, 1.82) is 0 Å². The third-order valence-corrected chi connectivity index (χ3v) is 5.03. The van der Waals surface area contributed by atoms with Crippen LogP contribution in [-0.4, -0.2) is 33.6 Å². The summed E-state index contributed by atoms with van der Waals surface area (Å²) in [5.41, 5.74) is 3.43. The van der Waals surface area contributed by atoms with Crippen molar-refractivity contribution >= 4 is 28.4 Å². The molecule has 11 heteroatoms. The third-order valence-electron chi connectivity index (χ3n) is 3.51. The molecule has 0 bridgehead atoms. The summed E-state index contributed by atoms with van der Waals surface area (Å²) in [6.07, 6.45) is -4.05. The van der Waals surface area contributed by atoms with E-state index in [0.29, 0.717) is 18.9 Å². The Morgan fingerprint density at radius 2 is 1.92 bits per heavy atom. The van der Waals surface area contributed by atoms with E-state index in [-0.39, 0.29) is 18.4 Å². The lowest BCUT2D eigenvalue weighted by Crippen LogP contribution is -2.50. The van der Waals surface area contributed by atoms with E-state index >= 15 is 0 Å². The molecule has 24 heavy (non-hydrogen) atoms. The van der Waals surface area contributed by atoms with Crippen LogP contribution in [0.2, 0.25) is 0 Å². The fourth-order valence-electron chi connectivity index (χ4n) is 2.26. The van der Waals surface area contributed by atoms with Crippen molar-refractivity contribution in [2.24, 2.45) is 5.73 Å². The van der Waals surface area contributed by atoms with E-state index in [9.17, 15) is 26.4 Å². The van der Waals surface area contributed by atoms with Crippen LogP contribution >= 0.6 is 12.4 Å². The number of nitrogens with one attached hydrogen (secondary N) is 1. The van der Waals surface area contributed by atoms with E-state index in [4.69, 9.17) is 5.73 Å². The number of sulfonamides is 1. The maximum atomic E-state index is 13.1. The zero-order valence-corrected chi connectivity index (χ0v) is 14.1. The van der Waals surface area contributed by atoms with Crippen LogP contribution in [0.15, 0.2) is 23.1 Å². The van der Waals surface area contributed by atoms with E-state index in [0.717, 1.165) is 19.2 Å². The van der Waals surface area contributed by atoms with E-state index in [2.05, 4.69) is 9.46 Å². The second-order valence-corrected chi connectivity index (χ2v) is 6.96. The van der Waals surface area contributed by atoms with Gasteiger partial charge in [0.2, 0.25) is 10.0 Å². The number of ether oxygens (including phenoxy) is 1. The van der Waals surface area contributed by atoms with Crippen LogP contribution in [0.5, 0.6) is 0 Å². The average molecular weight is 389 g/mol. The Hall–Kier alpha value is -1.36. The molecule has 0 aliphatic heterocycles. The molecule has 1 aliphatic carbocycles. The van der Waals surface area contributed by atoms with Crippen molar-refractivity contribution in [3.63, 3.8) is 0 Å². The molecular formula is C13H16ClF3N2O4S. The fourth-order valence-corrected chi connectivity index (χ4v) is 3.55. The van der Waals surface area contributed by atoms with Gasteiger partial charge in [0.25, 0.3) is 0 Å². The molecule has 0 saturated heterocycles. The SMILES string of the molecule is COC(=O)c1ccc(S(=O)(=O)NC2CC(N)C2)cc1C(F)(F)F.Cl. The van der Waals surface area contributed by atoms with E-state index < -0.39 is 44.2 Å². The highest BCUT2D eigenvalue weighted by Crippen LogP contribution is 2.34. The number of methoxy groups -OCH3 is 1. The van der Waals surface area contributed by atoms with Gasteiger partial charge in [-0.3, -0.25) is 0 Å². The van der Waals surface area contributed by atoms with Gasteiger partial charge < -0.3 is 10.5 Å². The van der Waals surface area contributed by atoms with E-state index in [1.54, 1.807) is 0 Å². The average Bonchev–Trinajstić information content (AvgIpc) is 2.43. The van der Waals surface area contributed by atoms with Gasteiger partial charge in [0.05, 0.1) is 23.1 Å². The normalized spacial score (nSPS) is 20.7. The first kappa shape index (κ1) is 20.7. The molecule has 0 aromatic heterocycles. The van der Waals surface area contributed by atoms with Gasteiger partial charge in [0.15, 0.2) is 0 Å². The molecule has 1 fully saturated rings. The van der Waals surface area contributed by atoms with Gasteiger partial charge in [-0.1, -0.05) is 0 Å². The second kappa shape index (κ2) is 7.26. The van der Waals surface area contributed by atoms with Crippen LogP contribution in [0.25, 0.3) is 0 Å². The Morgan fingerprint density at radius 1 is 1.33 bits per heavy atom. The molecule has 0 atom stereocenters. The lowest BCUT2D eigenvalue weighted by atomic mass is 9.89. The van der Waals surface area contributed by atoms with Gasteiger partial charge >= 0.3 is 12.1 Å². The van der Waals surface area contributed by atoms with E-state index in [1.165, 1.54) is 0 Å². The standard InChI is InChI=1S/C13H15F3N2O4S.ClH/c1-22-12(19)10-3-2-9(6-11(10)13(14,15)16)23(20,21)18-8-4-7(17)5-8;/h2-3,6-8,18H,4-5,17H2,1H3;1H. The Kier molecular flexibility index (Phi) is 6.26. The number of carbonyl (C=O) groups is 1. The lowest BCUT2D eigenvalue weighted by Gasteiger charge is -2.32. The minimum absolute atomic E-state index is 0. The Labute approximate surface area is 143 Å². The van der Waals surface area contributed by atoms with Crippen LogP contribution in [0, 0.1) is 0 Å². The molecule has 0 radical (unpaired) electrons. The first-order valence-electron chi connectivity index (χ1n) is 6.62. The molecule has 1 saturated carbocycles. The number of alkyl halides is 3. The highest BCUT2D eigenvalue weighted by atomic mass is 35.5. The highest BCUT2D eigenvalue weighted by molar-refractivity contribution is 7.89. The maximum Gasteiger partial charge on any atom is 0.417 e. The van der Waals surface area contributed by atoms with Gasteiger partial charge in [0, 0.05) is 12.1 Å². The number of halogens is 4. The Bertz CT molecular complexity index is 718. The third kappa shape index (κ3) is 4.38. The summed E-state index contributed by atoms with van der Waals surface area (Å²) in [5.74, 6) is -1.20. The molecule has 6 nitrogen and oxygen atoms in total.